The minimum Gasteiger partial charge on any atom is -0.497 e. The highest BCUT2D eigenvalue weighted by Gasteiger charge is 2.23. The van der Waals surface area contributed by atoms with Crippen LogP contribution >= 0.6 is 0 Å². The molecule has 2 atom stereocenters. The summed E-state index contributed by atoms with van der Waals surface area (Å²) in [6.07, 6.45) is 5.17. The molecule has 0 aromatic heterocycles. The Labute approximate surface area is 109 Å². The Morgan fingerprint density at radius 1 is 1.11 bits per heavy atom. The van der Waals surface area contributed by atoms with Gasteiger partial charge in [0.15, 0.2) is 0 Å². The molecule has 100 valence electrons. The van der Waals surface area contributed by atoms with Crippen LogP contribution in [0, 0.1) is 5.92 Å². The molecule has 0 saturated heterocycles. The predicted octanol–water partition coefficient (Wildman–Crippen LogP) is 3.69. The lowest BCUT2D eigenvalue weighted by atomic mass is 10.1. The van der Waals surface area contributed by atoms with Crippen LogP contribution in [0.4, 0.5) is 5.69 Å². The van der Waals surface area contributed by atoms with E-state index in [4.69, 9.17) is 9.47 Å². The fourth-order valence-electron chi connectivity index (χ4n) is 2.70. The Balaban J connectivity index is 2.04. The zero-order valence-corrected chi connectivity index (χ0v) is 11.5. The number of rotatable bonds is 5. The van der Waals surface area contributed by atoms with E-state index in [2.05, 4.69) is 12.2 Å². The fraction of sp³-hybridized carbons (Fsp3) is 0.600. The summed E-state index contributed by atoms with van der Waals surface area (Å²) in [5, 5.41) is 3.59. The maximum Gasteiger partial charge on any atom is 0.124 e. The molecule has 1 saturated carbocycles. The van der Waals surface area contributed by atoms with Crippen LogP contribution in [-0.4, -0.2) is 20.3 Å². The minimum atomic E-state index is 0.590. The Hall–Kier alpha value is -1.38. The molecular weight excluding hydrogens is 226 g/mol. The van der Waals surface area contributed by atoms with Crippen molar-refractivity contribution >= 4 is 5.69 Å². The highest BCUT2D eigenvalue weighted by Crippen LogP contribution is 2.32. The van der Waals surface area contributed by atoms with E-state index in [1.807, 2.05) is 18.2 Å². The molecule has 0 aliphatic heterocycles. The highest BCUT2D eigenvalue weighted by molar-refractivity contribution is 5.54. The van der Waals surface area contributed by atoms with Gasteiger partial charge in [-0.3, -0.25) is 0 Å². The number of hydrogen-bond donors (Lipinski definition) is 1. The smallest absolute Gasteiger partial charge is 0.124 e. The average Bonchev–Trinajstić information content (AvgIpc) is 2.85. The second-order valence-corrected chi connectivity index (χ2v) is 5.03. The summed E-state index contributed by atoms with van der Waals surface area (Å²) in [5.41, 5.74) is 1.09. The normalized spacial score (nSPS) is 22.8. The van der Waals surface area contributed by atoms with Crippen LogP contribution in [0.3, 0.4) is 0 Å². The van der Waals surface area contributed by atoms with Crippen molar-refractivity contribution in [2.45, 2.75) is 38.6 Å². The molecule has 1 aromatic carbocycles. The largest absolute Gasteiger partial charge is 0.497 e. The number of benzene rings is 1. The van der Waals surface area contributed by atoms with E-state index in [1.165, 1.54) is 25.7 Å². The number of nitrogens with one attached hydrogen (secondary N) is 1. The maximum absolute atomic E-state index is 5.28. The van der Waals surface area contributed by atoms with Gasteiger partial charge in [0, 0.05) is 29.9 Å². The Kier molecular flexibility index (Phi) is 4.34. The summed E-state index contributed by atoms with van der Waals surface area (Å²) in [7, 11) is 3.36. The van der Waals surface area contributed by atoms with Gasteiger partial charge in [0.2, 0.25) is 0 Å². The van der Waals surface area contributed by atoms with Crippen molar-refractivity contribution in [3.05, 3.63) is 18.2 Å². The summed E-state index contributed by atoms with van der Waals surface area (Å²) in [6, 6.07) is 6.55. The Morgan fingerprint density at radius 3 is 2.28 bits per heavy atom. The first-order valence-corrected chi connectivity index (χ1v) is 6.74. The second kappa shape index (κ2) is 5.98. The summed E-state index contributed by atoms with van der Waals surface area (Å²) in [6.45, 7) is 2.28. The third-order valence-corrected chi connectivity index (χ3v) is 3.84. The first-order valence-electron chi connectivity index (χ1n) is 6.74. The van der Waals surface area contributed by atoms with Gasteiger partial charge in [-0.05, 0) is 25.2 Å². The molecule has 0 bridgehead atoms. The van der Waals surface area contributed by atoms with E-state index >= 15 is 0 Å². The molecule has 1 fully saturated rings. The van der Waals surface area contributed by atoms with Crippen molar-refractivity contribution in [3.8, 4) is 11.5 Å². The standard InChI is InChI=1S/C15H23NO2/c1-4-11-5-6-12(7-11)16-13-8-14(17-2)10-15(9-13)18-3/h8-12,16H,4-7H2,1-3H3. The van der Waals surface area contributed by atoms with Crippen LogP contribution < -0.4 is 14.8 Å². The number of hydrogen-bond acceptors (Lipinski definition) is 3. The molecule has 1 aliphatic carbocycles. The summed E-state index contributed by atoms with van der Waals surface area (Å²) < 4.78 is 10.6. The number of ether oxygens (including phenoxy) is 2. The van der Waals surface area contributed by atoms with Gasteiger partial charge in [0.1, 0.15) is 11.5 Å². The van der Waals surface area contributed by atoms with Gasteiger partial charge in [-0.1, -0.05) is 13.3 Å². The zero-order valence-electron chi connectivity index (χ0n) is 11.5. The summed E-state index contributed by atoms with van der Waals surface area (Å²) >= 11 is 0. The van der Waals surface area contributed by atoms with Crippen molar-refractivity contribution in [1.29, 1.82) is 0 Å². The molecule has 1 aliphatic rings. The maximum atomic E-state index is 5.28. The van der Waals surface area contributed by atoms with E-state index in [-0.39, 0.29) is 0 Å². The van der Waals surface area contributed by atoms with Crippen LogP contribution in [0.25, 0.3) is 0 Å². The molecule has 0 amide bonds. The van der Waals surface area contributed by atoms with Gasteiger partial charge in [-0.25, -0.2) is 0 Å². The first kappa shape index (κ1) is 13.1. The SMILES string of the molecule is CCC1CCC(Nc2cc(OC)cc(OC)c2)C1. The average molecular weight is 249 g/mol. The molecule has 3 nitrogen and oxygen atoms in total. The summed E-state index contributed by atoms with van der Waals surface area (Å²) in [5.74, 6) is 2.55. The molecule has 3 heteroatoms. The molecule has 2 rings (SSSR count). The minimum absolute atomic E-state index is 0.590. The van der Waals surface area contributed by atoms with E-state index in [0.29, 0.717) is 6.04 Å². The lowest BCUT2D eigenvalue weighted by Crippen LogP contribution is -2.15. The van der Waals surface area contributed by atoms with Gasteiger partial charge >= 0.3 is 0 Å². The molecule has 18 heavy (non-hydrogen) atoms. The molecule has 0 spiro atoms. The second-order valence-electron chi connectivity index (χ2n) is 5.03. The van der Waals surface area contributed by atoms with Crippen LogP contribution in [0.1, 0.15) is 32.6 Å². The monoisotopic (exact) mass is 249 g/mol. The van der Waals surface area contributed by atoms with E-state index < -0.39 is 0 Å². The first-order chi connectivity index (χ1) is 8.75. The van der Waals surface area contributed by atoms with E-state index in [9.17, 15) is 0 Å². The van der Waals surface area contributed by atoms with Crippen LogP contribution in [0.2, 0.25) is 0 Å². The van der Waals surface area contributed by atoms with Gasteiger partial charge in [-0.15, -0.1) is 0 Å². The molecule has 0 heterocycles. The molecule has 2 unspecified atom stereocenters. The quantitative estimate of drug-likeness (QED) is 0.863. The zero-order chi connectivity index (χ0) is 13.0. The molecular formula is C15H23NO2. The number of anilines is 1. The number of methoxy groups -OCH3 is 2. The Morgan fingerprint density at radius 2 is 1.78 bits per heavy atom. The van der Waals surface area contributed by atoms with Gasteiger partial charge in [-0.2, -0.15) is 0 Å². The highest BCUT2D eigenvalue weighted by atomic mass is 16.5. The van der Waals surface area contributed by atoms with Crippen LogP contribution in [0.15, 0.2) is 18.2 Å². The lowest BCUT2D eigenvalue weighted by molar-refractivity contribution is 0.394. The predicted molar refractivity (Wildman–Crippen MR) is 74.6 cm³/mol. The topological polar surface area (TPSA) is 30.5 Å². The third kappa shape index (κ3) is 3.09. The van der Waals surface area contributed by atoms with Gasteiger partial charge < -0.3 is 14.8 Å². The van der Waals surface area contributed by atoms with Gasteiger partial charge in [0.25, 0.3) is 0 Å². The van der Waals surface area contributed by atoms with Crippen molar-refractivity contribution in [1.82, 2.24) is 0 Å². The van der Waals surface area contributed by atoms with Crippen molar-refractivity contribution in [3.63, 3.8) is 0 Å². The van der Waals surface area contributed by atoms with E-state index in [1.54, 1.807) is 14.2 Å². The molecule has 1 N–H and O–H groups in total. The summed E-state index contributed by atoms with van der Waals surface area (Å²) in [4.78, 5) is 0. The van der Waals surface area contributed by atoms with Crippen LogP contribution in [0.5, 0.6) is 11.5 Å². The van der Waals surface area contributed by atoms with Crippen molar-refractivity contribution in [2.75, 3.05) is 19.5 Å². The van der Waals surface area contributed by atoms with Crippen molar-refractivity contribution in [2.24, 2.45) is 5.92 Å². The van der Waals surface area contributed by atoms with Crippen molar-refractivity contribution < 1.29 is 9.47 Å². The van der Waals surface area contributed by atoms with Crippen LogP contribution in [-0.2, 0) is 0 Å². The van der Waals surface area contributed by atoms with Gasteiger partial charge in [0.05, 0.1) is 14.2 Å². The third-order valence-electron chi connectivity index (χ3n) is 3.84. The Bertz CT molecular complexity index is 370. The van der Waals surface area contributed by atoms with E-state index in [0.717, 1.165) is 23.1 Å². The fourth-order valence-corrected chi connectivity index (χ4v) is 2.70. The lowest BCUT2D eigenvalue weighted by Gasteiger charge is -2.16. The molecule has 1 aromatic rings. The molecule has 0 radical (unpaired) electrons.